The summed E-state index contributed by atoms with van der Waals surface area (Å²) in [5.74, 6) is 0. The highest BCUT2D eigenvalue weighted by Crippen LogP contribution is 2.07. The molecule has 0 spiro atoms. The summed E-state index contributed by atoms with van der Waals surface area (Å²) in [6.45, 7) is 7.47. The molecule has 80 valence electrons. The number of likely N-dealkylation sites (tertiary alicyclic amines) is 1. The summed E-state index contributed by atoms with van der Waals surface area (Å²) in [6, 6.07) is 1.02. The number of hydrogen-bond donors (Lipinski definition) is 1. The van der Waals surface area contributed by atoms with Crippen molar-refractivity contribution in [2.45, 2.75) is 58.4 Å². The molecule has 0 aromatic rings. The van der Waals surface area contributed by atoms with Crippen LogP contribution in [0.2, 0.25) is 0 Å². The molecule has 1 rings (SSSR count). The van der Waals surface area contributed by atoms with Crippen LogP contribution in [0.5, 0.6) is 0 Å². The van der Waals surface area contributed by atoms with Crippen LogP contribution in [0.25, 0.3) is 0 Å². The van der Waals surface area contributed by atoms with Crippen LogP contribution in [0.15, 0.2) is 0 Å². The fourth-order valence-corrected chi connectivity index (χ4v) is 2.43. The van der Waals surface area contributed by atoms with Crippen molar-refractivity contribution in [1.82, 2.24) is 0 Å². The molecule has 1 heterocycles. The van der Waals surface area contributed by atoms with Crippen LogP contribution in [0.1, 0.15) is 52.4 Å². The monoisotopic (exact) mass is 189 g/mol. The summed E-state index contributed by atoms with van der Waals surface area (Å²) < 4.78 is 0. The van der Waals surface area contributed by atoms with Crippen molar-refractivity contribution < 1.29 is 9.60 Å². The van der Waals surface area contributed by atoms with Crippen LogP contribution in [0.3, 0.4) is 0 Å². The molecule has 1 aliphatic heterocycles. The summed E-state index contributed by atoms with van der Waals surface area (Å²) >= 11 is 0. The normalized spacial score (nSPS) is 27.2. The maximum atomic E-state index is 2.31. The fraction of sp³-hybridized carbons (Fsp3) is 1.00. The Hall–Kier alpha value is -0.110. The third-order valence-corrected chi connectivity index (χ3v) is 3.11. The standard InChI is InChI=1S/C11H23N.FH/c1-3-5-7-11-8-6-10-12(11)9-4-2;/h11H,3-10H2,1-2H3;1H. The van der Waals surface area contributed by atoms with Crippen LogP contribution in [0, 0.1) is 0 Å². The lowest BCUT2D eigenvalue weighted by molar-refractivity contribution is -0.912. The second kappa shape index (κ2) is 7.31. The van der Waals surface area contributed by atoms with E-state index in [-0.39, 0.29) is 4.70 Å². The van der Waals surface area contributed by atoms with Gasteiger partial charge < -0.3 is 9.60 Å². The molecule has 2 unspecified atom stereocenters. The van der Waals surface area contributed by atoms with Crippen molar-refractivity contribution in [2.75, 3.05) is 13.1 Å². The molecule has 2 heteroatoms. The van der Waals surface area contributed by atoms with Crippen molar-refractivity contribution in [1.29, 1.82) is 0 Å². The van der Waals surface area contributed by atoms with Crippen molar-refractivity contribution in [3.8, 4) is 0 Å². The topological polar surface area (TPSA) is 4.44 Å². The number of hydrogen-bond acceptors (Lipinski definition) is 0. The highest BCUT2D eigenvalue weighted by atomic mass is 19.0. The van der Waals surface area contributed by atoms with Crippen LogP contribution in [-0.4, -0.2) is 19.1 Å². The van der Waals surface area contributed by atoms with Gasteiger partial charge in [0.15, 0.2) is 0 Å². The van der Waals surface area contributed by atoms with E-state index in [1.807, 2.05) is 4.90 Å². The van der Waals surface area contributed by atoms with Gasteiger partial charge in [0.05, 0.1) is 19.1 Å². The molecule has 2 atom stereocenters. The van der Waals surface area contributed by atoms with E-state index in [4.69, 9.17) is 0 Å². The van der Waals surface area contributed by atoms with Crippen molar-refractivity contribution in [3.05, 3.63) is 0 Å². The minimum atomic E-state index is 0. The highest BCUT2D eigenvalue weighted by Gasteiger charge is 2.26. The highest BCUT2D eigenvalue weighted by molar-refractivity contribution is 4.62. The quantitative estimate of drug-likeness (QED) is 0.545. The third kappa shape index (κ3) is 4.08. The van der Waals surface area contributed by atoms with Gasteiger partial charge in [0.2, 0.25) is 0 Å². The number of unbranched alkanes of at least 4 members (excludes halogenated alkanes) is 1. The van der Waals surface area contributed by atoms with Gasteiger partial charge in [0.25, 0.3) is 0 Å². The molecule has 1 N–H and O–H groups in total. The molecule has 0 aliphatic carbocycles. The zero-order valence-electron chi connectivity index (χ0n) is 9.11. The smallest absolute Gasteiger partial charge is 0.0876 e. The lowest BCUT2D eigenvalue weighted by Crippen LogP contribution is -3.13. The molecule has 13 heavy (non-hydrogen) atoms. The van der Waals surface area contributed by atoms with Gasteiger partial charge in [-0.15, -0.1) is 0 Å². The Morgan fingerprint density at radius 2 is 2.00 bits per heavy atom. The summed E-state index contributed by atoms with van der Waals surface area (Å²) in [5.41, 5.74) is 0. The van der Waals surface area contributed by atoms with Crippen molar-refractivity contribution in [2.24, 2.45) is 0 Å². The second-order valence-corrected chi connectivity index (χ2v) is 4.14. The fourth-order valence-electron chi connectivity index (χ4n) is 2.43. The Kier molecular flexibility index (Phi) is 7.25. The number of halogens is 1. The maximum Gasteiger partial charge on any atom is 0.0876 e. The largest absolute Gasteiger partial charge is 1.00 e. The lowest BCUT2D eigenvalue weighted by Gasteiger charge is -2.20. The van der Waals surface area contributed by atoms with E-state index in [2.05, 4.69) is 13.8 Å². The molecule has 1 nitrogen and oxygen atoms in total. The van der Waals surface area contributed by atoms with Gasteiger partial charge in [0.1, 0.15) is 0 Å². The van der Waals surface area contributed by atoms with E-state index in [0.29, 0.717) is 0 Å². The van der Waals surface area contributed by atoms with Gasteiger partial charge in [-0.3, -0.25) is 0 Å². The van der Waals surface area contributed by atoms with E-state index in [1.54, 1.807) is 0 Å². The summed E-state index contributed by atoms with van der Waals surface area (Å²) in [4.78, 5) is 1.89. The average molecular weight is 189 g/mol. The third-order valence-electron chi connectivity index (χ3n) is 3.11. The molecule has 1 saturated heterocycles. The van der Waals surface area contributed by atoms with Crippen molar-refractivity contribution >= 4 is 0 Å². The first-order chi connectivity index (χ1) is 5.88. The van der Waals surface area contributed by atoms with Gasteiger partial charge in [-0.25, -0.2) is 0 Å². The van der Waals surface area contributed by atoms with Crippen LogP contribution in [0.4, 0.5) is 0 Å². The van der Waals surface area contributed by atoms with Gasteiger partial charge in [-0.2, -0.15) is 0 Å². The molecule has 0 amide bonds. The molecule has 0 aromatic carbocycles. The Morgan fingerprint density at radius 3 is 2.62 bits per heavy atom. The number of rotatable bonds is 5. The molecular weight excluding hydrogens is 165 g/mol. The Labute approximate surface area is 81.9 Å². The van der Waals surface area contributed by atoms with E-state index < -0.39 is 0 Å². The molecule has 0 saturated carbocycles. The van der Waals surface area contributed by atoms with Crippen molar-refractivity contribution in [3.63, 3.8) is 0 Å². The zero-order valence-corrected chi connectivity index (χ0v) is 9.11. The van der Waals surface area contributed by atoms with E-state index in [1.165, 1.54) is 51.6 Å². The first kappa shape index (κ1) is 12.9. The van der Waals surface area contributed by atoms with Crippen LogP contribution < -0.4 is 9.60 Å². The minimum absolute atomic E-state index is 0. The molecular formula is C11H24FN. The second-order valence-electron chi connectivity index (χ2n) is 4.14. The average Bonchev–Trinajstić information content (AvgIpc) is 2.50. The van der Waals surface area contributed by atoms with Gasteiger partial charge >= 0.3 is 0 Å². The van der Waals surface area contributed by atoms with Gasteiger partial charge in [0, 0.05) is 12.8 Å². The predicted molar refractivity (Wildman–Crippen MR) is 53.5 cm³/mol. The Balaban J connectivity index is 0.00000144. The zero-order chi connectivity index (χ0) is 8.81. The SMILES string of the molecule is CCCCC1CCC[NH+]1CCC.[F-]. The molecule has 1 aliphatic rings. The molecule has 0 bridgehead atoms. The Morgan fingerprint density at radius 1 is 1.23 bits per heavy atom. The minimum Gasteiger partial charge on any atom is -1.00 e. The van der Waals surface area contributed by atoms with E-state index in [0.717, 1.165) is 6.04 Å². The van der Waals surface area contributed by atoms with Crippen LogP contribution in [-0.2, 0) is 0 Å². The predicted octanol–water partition coefficient (Wildman–Crippen LogP) is -1.36. The summed E-state index contributed by atoms with van der Waals surface area (Å²) in [5, 5.41) is 0. The van der Waals surface area contributed by atoms with Gasteiger partial charge in [-0.1, -0.05) is 20.3 Å². The van der Waals surface area contributed by atoms with E-state index >= 15 is 0 Å². The number of nitrogens with one attached hydrogen (secondary N) is 1. The maximum absolute atomic E-state index is 2.31. The molecule has 0 aromatic heterocycles. The Bertz CT molecular complexity index is 117. The summed E-state index contributed by atoms with van der Waals surface area (Å²) in [7, 11) is 0. The van der Waals surface area contributed by atoms with Crippen LogP contribution >= 0.6 is 0 Å². The molecule has 0 radical (unpaired) electrons. The summed E-state index contributed by atoms with van der Waals surface area (Å²) in [6.07, 6.45) is 8.62. The van der Waals surface area contributed by atoms with Gasteiger partial charge in [-0.05, 0) is 19.3 Å². The first-order valence-electron chi connectivity index (χ1n) is 5.73. The first-order valence-corrected chi connectivity index (χ1v) is 5.73. The van der Waals surface area contributed by atoms with E-state index in [9.17, 15) is 0 Å². The molecule has 1 fully saturated rings. The number of quaternary nitrogens is 1. The lowest BCUT2D eigenvalue weighted by atomic mass is 10.1.